The third kappa shape index (κ3) is 6.54. The fourth-order valence-corrected chi connectivity index (χ4v) is 4.78. The molecule has 0 heterocycles. The maximum atomic E-state index is 13.1. The molecule has 9 nitrogen and oxygen atoms in total. The second kappa shape index (κ2) is 9.71. The third-order valence-electron chi connectivity index (χ3n) is 5.36. The first kappa shape index (κ1) is 25.6. The van der Waals surface area contributed by atoms with Gasteiger partial charge in [-0.15, -0.1) is 0 Å². The molecule has 0 spiro atoms. The van der Waals surface area contributed by atoms with E-state index >= 15 is 0 Å². The normalized spacial score (nSPS) is 23.9. The molecule has 2 aliphatic carbocycles. The van der Waals surface area contributed by atoms with Crippen LogP contribution in [0, 0.1) is 27.2 Å². The Hall–Kier alpha value is -1.99. The summed E-state index contributed by atoms with van der Waals surface area (Å²) in [6, 6.07) is 4.31. The van der Waals surface area contributed by atoms with Gasteiger partial charge in [0.05, 0.1) is 21.0 Å². The van der Waals surface area contributed by atoms with E-state index < -0.39 is 57.8 Å². The molecule has 0 saturated heterocycles. The summed E-state index contributed by atoms with van der Waals surface area (Å²) in [5.41, 5.74) is -0.638. The minimum atomic E-state index is -4.26. The largest absolute Gasteiger partial charge is 0.461 e. The van der Waals surface area contributed by atoms with Crippen LogP contribution in [-0.2, 0) is 29.2 Å². The van der Waals surface area contributed by atoms with Crippen molar-refractivity contribution in [1.82, 2.24) is 0 Å². The lowest BCUT2D eigenvalue weighted by atomic mass is 9.83. The molecule has 1 fully saturated rings. The van der Waals surface area contributed by atoms with Crippen LogP contribution in [-0.4, -0.2) is 48.8 Å². The highest BCUT2D eigenvalue weighted by atomic mass is 127. The van der Waals surface area contributed by atoms with Gasteiger partial charge in [0.25, 0.3) is 10.1 Å². The summed E-state index contributed by atoms with van der Waals surface area (Å²) in [4.78, 5) is 38.1. The van der Waals surface area contributed by atoms with Gasteiger partial charge >= 0.3 is 17.9 Å². The van der Waals surface area contributed by atoms with Crippen molar-refractivity contribution in [3.05, 3.63) is 39.5 Å². The number of carbonyl (C=O) groups excluding carboxylic acids is 3. The summed E-state index contributed by atoms with van der Waals surface area (Å²) in [5, 5.41) is 0. The highest BCUT2D eigenvalue weighted by molar-refractivity contribution is 14.1. The van der Waals surface area contributed by atoms with E-state index in [1.54, 1.807) is 26.8 Å². The molecule has 0 amide bonds. The van der Waals surface area contributed by atoms with Crippen molar-refractivity contribution in [3.8, 4) is 5.75 Å². The van der Waals surface area contributed by atoms with Crippen LogP contribution in [0.5, 0.6) is 5.75 Å². The first-order valence-corrected chi connectivity index (χ1v) is 13.0. The van der Waals surface area contributed by atoms with Gasteiger partial charge in [0.1, 0.15) is 23.7 Å². The van der Waals surface area contributed by atoms with E-state index in [-0.39, 0.29) is 23.1 Å². The van der Waals surface area contributed by atoms with Crippen LogP contribution in [0.25, 0.3) is 0 Å². The van der Waals surface area contributed by atoms with E-state index in [9.17, 15) is 22.8 Å². The van der Waals surface area contributed by atoms with Crippen molar-refractivity contribution in [3.63, 3.8) is 0 Å². The summed E-state index contributed by atoms with van der Waals surface area (Å²) >= 11 is 1.95. The molecule has 1 aromatic rings. The summed E-state index contributed by atoms with van der Waals surface area (Å²) in [5.74, 6) is -4.02. The first-order chi connectivity index (χ1) is 15.2. The number of ether oxygens (including phenoxy) is 3. The smallest absolute Gasteiger partial charge is 0.338 e. The number of allylic oxidation sites excluding steroid dienone is 2. The predicted molar refractivity (Wildman–Crippen MR) is 125 cm³/mol. The van der Waals surface area contributed by atoms with Gasteiger partial charge in [-0.25, -0.2) is 4.79 Å². The maximum absolute atomic E-state index is 13.1. The van der Waals surface area contributed by atoms with Crippen LogP contribution in [0.4, 0.5) is 0 Å². The zero-order valence-electron chi connectivity index (χ0n) is 18.3. The van der Waals surface area contributed by atoms with Gasteiger partial charge in [-0.05, 0) is 79.8 Å². The molecule has 1 N–H and O–H groups in total. The highest BCUT2D eigenvalue weighted by Gasteiger charge is 2.53. The van der Waals surface area contributed by atoms with Gasteiger partial charge < -0.3 is 14.2 Å². The predicted octanol–water partition coefficient (Wildman–Crippen LogP) is 3.02. The van der Waals surface area contributed by atoms with Crippen molar-refractivity contribution >= 4 is 50.6 Å². The maximum Gasteiger partial charge on any atom is 0.338 e. The molecule has 180 valence electrons. The number of hydrogen-bond donors (Lipinski definition) is 1. The fourth-order valence-electron chi connectivity index (χ4n) is 4.04. The molecule has 0 aliphatic heterocycles. The first-order valence-electron chi connectivity index (χ1n) is 10.3. The minimum absolute atomic E-state index is 0.0464. The van der Waals surface area contributed by atoms with Crippen LogP contribution in [0.1, 0.15) is 37.6 Å². The number of benzene rings is 1. The molecule has 0 aromatic heterocycles. The zero-order chi connectivity index (χ0) is 24.6. The minimum Gasteiger partial charge on any atom is -0.461 e. The van der Waals surface area contributed by atoms with E-state index in [4.69, 9.17) is 18.8 Å². The Morgan fingerprint density at radius 1 is 1.09 bits per heavy atom. The lowest BCUT2D eigenvalue weighted by molar-refractivity contribution is -0.166. The summed E-state index contributed by atoms with van der Waals surface area (Å²) in [6.45, 7) is 4.78. The van der Waals surface area contributed by atoms with E-state index in [1.807, 2.05) is 34.7 Å². The van der Waals surface area contributed by atoms with Crippen molar-refractivity contribution < 1.29 is 41.6 Å². The topological polar surface area (TPSA) is 133 Å². The molecule has 0 radical (unpaired) electrons. The molecule has 4 atom stereocenters. The van der Waals surface area contributed by atoms with E-state index in [2.05, 4.69) is 0 Å². The number of carbonyl (C=O) groups is 3. The number of fused-ring (bicyclic) bond motifs is 2. The summed E-state index contributed by atoms with van der Waals surface area (Å²) in [7, 11) is -4.26. The Labute approximate surface area is 205 Å². The Morgan fingerprint density at radius 3 is 2.27 bits per heavy atom. The number of esters is 3. The van der Waals surface area contributed by atoms with Gasteiger partial charge in [0, 0.05) is 0 Å². The molecule has 1 aromatic carbocycles. The molecule has 3 rings (SSSR count). The Morgan fingerprint density at radius 2 is 1.70 bits per heavy atom. The molecule has 33 heavy (non-hydrogen) atoms. The van der Waals surface area contributed by atoms with Gasteiger partial charge in [-0.1, -0.05) is 12.2 Å². The van der Waals surface area contributed by atoms with Gasteiger partial charge in [0.15, 0.2) is 0 Å². The Bertz CT molecular complexity index is 1090. The SMILES string of the molecule is CC(C)(C)OC(=O)C1C2C=CC(C2)C1C(=O)Oc1cc(C(=O)OCCS(=O)(=O)O)ccc1I. The molecular weight excluding hydrogens is 567 g/mol. The second-order valence-corrected chi connectivity index (χ2v) is 11.8. The Balaban J connectivity index is 1.74. The molecular formula is C22H25IO9S. The van der Waals surface area contributed by atoms with Gasteiger partial charge in [-0.3, -0.25) is 14.1 Å². The quantitative estimate of drug-likeness (QED) is 0.167. The van der Waals surface area contributed by atoms with Crippen LogP contribution < -0.4 is 4.74 Å². The standard InChI is InChI=1S/C22H25IO9S/c1-22(2,3)32-21(26)18-13-5-4-12(10-13)17(18)20(25)31-16-11-14(6-7-15(16)23)19(24)30-8-9-33(27,28)29/h4-7,11-13,17-18H,8-10H2,1-3H3,(H,27,28,29). The lowest BCUT2D eigenvalue weighted by Crippen LogP contribution is -2.39. The van der Waals surface area contributed by atoms with Crippen molar-refractivity contribution in [2.75, 3.05) is 12.4 Å². The Kier molecular flexibility index (Phi) is 7.54. The molecule has 11 heteroatoms. The molecule has 2 bridgehead atoms. The van der Waals surface area contributed by atoms with Crippen molar-refractivity contribution in [2.24, 2.45) is 23.7 Å². The second-order valence-electron chi connectivity index (χ2n) is 9.02. The monoisotopic (exact) mass is 592 g/mol. The summed E-state index contributed by atoms with van der Waals surface area (Å²) in [6.07, 6.45) is 4.53. The van der Waals surface area contributed by atoms with E-state index in [0.29, 0.717) is 9.99 Å². The van der Waals surface area contributed by atoms with Gasteiger partial charge in [0.2, 0.25) is 0 Å². The number of rotatable bonds is 7. The van der Waals surface area contributed by atoms with E-state index in [1.165, 1.54) is 12.1 Å². The average molecular weight is 592 g/mol. The zero-order valence-corrected chi connectivity index (χ0v) is 21.3. The van der Waals surface area contributed by atoms with Gasteiger partial charge in [-0.2, -0.15) is 8.42 Å². The molecule has 1 saturated carbocycles. The third-order valence-corrected chi connectivity index (χ3v) is 6.94. The van der Waals surface area contributed by atoms with Crippen LogP contribution in [0.3, 0.4) is 0 Å². The van der Waals surface area contributed by atoms with Crippen LogP contribution in [0.2, 0.25) is 0 Å². The molecule has 4 unspecified atom stereocenters. The number of hydrogen-bond acceptors (Lipinski definition) is 8. The van der Waals surface area contributed by atoms with Crippen molar-refractivity contribution in [2.45, 2.75) is 32.8 Å². The van der Waals surface area contributed by atoms with Crippen LogP contribution in [0.15, 0.2) is 30.4 Å². The lowest BCUT2D eigenvalue weighted by Gasteiger charge is -2.28. The summed E-state index contributed by atoms with van der Waals surface area (Å²) < 4.78 is 46.8. The highest BCUT2D eigenvalue weighted by Crippen LogP contribution is 2.49. The number of halogens is 1. The van der Waals surface area contributed by atoms with Crippen LogP contribution >= 0.6 is 22.6 Å². The van der Waals surface area contributed by atoms with E-state index in [0.717, 1.165) is 0 Å². The fraction of sp³-hybridized carbons (Fsp3) is 0.500. The van der Waals surface area contributed by atoms with Crippen molar-refractivity contribution in [1.29, 1.82) is 0 Å². The average Bonchev–Trinajstić information content (AvgIpc) is 3.28. The molecule has 2 aliphatic rings.